The van der Waals surface area contributed by atoms with Gasteiger partial charge in [0.25, 0.3) is 5.69 Å². The highest BCUT2D eigenvalue weighted by Gasteiger charge is 2.33. The maximum absolute atomic E-state index is 10.7. The van der Waals surface area contributed by atoms with Crippen LogP contribution >= 0.6 is 0 Å². The third-order valence-electron chi connectivity index (χ3n) is 3.46. The zero-order valence-electron chi connectivity index (χ0n) is 9.40. The highest BCUT2D eigenvalue weighted by molar-refractivity contribution is 5.43. The fourth-order valence-electron chi connectivity index (χ4n) is 2.54. The van der Waals surface area contributed by atoms with Gasteiger partial charge in [0.2, 0.25) is 0 Å². The Bertz CT molecular complexity index is 423. The number of nitrogens with zero attached hydrogens (tertiary/aromatic N) is 1. The molecule has 0 atom stereocenters. The van der Waals surface area contributed by atoms with Gasteiger partial charge in [0.1, 0.15) is 0 Å². The minimum Gasteiger partial charge on any atom is -0.321 e. The zero-order chi connectivity index (χ0) is 11.8. The minimum absolute atomic E-state index is 0.136. The summed E-state index contributed by atoms with van der Waals surface area (Å²) in [7, 11) is 0. The Morgan fingerprint density at radius 2 is 2.00 bits per heavy atom. The Kier molecular flexibility index (Phi) is 2.68. The number of rotatable bonds is 2. The van der Waals surface area contributed by atoms with E-state index in [0.717, 1.165) is 36.8 Å². The zero-order valence-corrected chi connectivity index (χ0v) is 9.40. The molecule has 0 unspecified atom stereocenters. The van der Waals surface area contributed by atoms with Crippen molar-refractivity contribution in [1.82, 2.24) is 0 Å². The van der Waals surface area contributed by atoms with Crippen LogP contribution in [0.3, 0.4) is 0 Å². The highest BCUT2D eigenvalue weighted by Crippen LogP contribution is 2.38. The first-order chi connectivity index (χ1) is 7.53. The Hall–Kier alpha value is -1.42. The third kappa shape index (κ3) is 1.80. The van der Waals surface area contributed by atoms with E-state index >= 15 is 0 Å². The van der Waals surface area contributed by atoms with Crippen molar-refractivity contribution in [3.05, 3.63) is 39.4 Å². The Labute approximate surface area is 94.6 Å². The van der Waals surface area contributed by atoms with E-state index in [1.54, 1.807) is 12.1 Å². The molecule has 2 rings (SSSR count). The second kappa shape index (κ2) is 3.87. The predicted molar refractivity (Wildman–Crippen MR) is 62.2 cm³/mol. The van der Waals surface area contributed by atoms with Crippen LogP contribution in [0.2, 0.25) is 0 Å². The molecule has 0 heterocycles. The Morgan fingerprint density at radius 3 is 2.56 bits per heavy atom. The van der Waals surface area contributed by atoms with E-state index in [4.69, 9.17) is 5.73 Å². The maximum Gasteiger partial charge on any atom is 0.269 e. The molecule has 2 N–H and O–H groups in total. The van der Waals surface area contributed by atoms with Gasteiger partial charge in [0, 0.05) is 17.7 Å². The molecule has 1 aromatic carbocycles. The van der Waals surface area contributed by atoms with Crippen molar-refractivity contribution in [2.45, 2.75) is 38.1 Å². The van der Waals surface area contributed by atoms with Crippen molar-refractivity contribution < 1.29 is 4.92 Å². The monoisotopic (exact) mass is 220 g/mol. The second-order valence-corrected chi connectivity index (χ2v) is 4.62. The van der Waals surface area contributed by atoms with Crippen molar-refractivity contribution in [1.29, 1.82) is 0 Å². The number of non-ortho nitro benzene ring substituents is 1. The van der Waals surface area contributed by atoms with Crippen molar-refractivity contribution in [2.24, 2.45) is 5.73 Å². The molecule has 1 aliphatic rings. The summed E-state index contributed by atoms with van der Waals surface area (Å²) >= 11 is 0. The molecule has 1 saturated carbocycles. The molecule has 0 aliphatic heterocycles. The van der Waals surface area contributed by atoms with Crippen LogP contribution in [0.5, 0.6) is 0 Å². The lowest BCUT2D eigenvalue weighted by Crippen LogP contribution is -2.33. The van der Waals surface area contributed by atoms with Gasteiger partial charge < -0.3 is 5.73 Å². The number of nitrogens with two attached hydrogens (primary N) is 1. The SMILES string of the molecule is Cc1ccc([N+](=O)[O-])cc1C1(N)CCCC1. The lowest BCUT2D eigenvalue weighted by Gasteiger charge is -2.25. The largest absolute Gasteiger partial charge is 0.321 e. The molecule has 1 aliphatic carbocycles. The lowest BCUT2D eigenvalue weighted by molar-refractivity contribution is -0.385. The molecule has 4 heteroatoms. The number of nitro benzene ring substituents is 1. The van der Waals surface area contributed by atoms with Gasteiger partial charge >= 0.3 is 0 Å². The standard InChI is InChI=1S/C12H16N2O2/c1-9-4-5-10(14(15)16)8-11(9)12(13)6-2-3-7-12/h4-5,8H,2-3,6-7,13H2,1H3. The van der Waals surface area contributed by atoms with E-state index in [0.29, 0.717) is 0 Å². The predicted octanol–water partition coefficient (Wildman–Crippen LogP) is 2.63. The molecule has 0 amide bonds. The summed E-state index contributed by atoms with van der Waals surface area (Å²) in [6.07, 6.45) is 4.07. The number of benzene rings is 1. The molecule has 0 spiro atoms. The number of hydrogen-bond acceptors (Lipinski definition) is 3. The molecular formula is C12H16N2O2. The van der Waals surface area contributed by atoms with Gasteiger partial charge in [-0.05, 0) is 30.9 Å². The molecule has 4 nitrogen and oxygen atoms in total. The maximum atomic E-state index is 10.7. The summed E-state index contributed by atoms with van der Waals surface area (Å²) in [5.74, 6) is 0. The summed E-state index contributed by atoms with van der Waals surface area (Å²) < 4.78 is 0. The molecule has 0 aromatic heterocycles. The number of aryl methyl sites for hydroxylation is 1. The van der Waals surface area contributed by atoms with E-state index in [1.807, 2.05) is 6.92 Å². The number of nitro groups is 1. The van der Waals surface area contributed by atoms with Crippen molar-refractivity contribution in [3.8, 4) is 0 Å². The van der Waals surface area contributed by atoms with E-state index in [2.05, 4.69) is 0 Å². The summed E-state index contributed by atoms with van der Waals surface area (Å²) in [6.45, 7) is 1.96. The van der Waals surface area contributed by atoms with Crippen LogP contribution in [0.15, 0.2) is 18.2 Å². The first-order valence-electron chi connectivity index (χ1n) is 5.57. The summed E-state index contributed by atoms with van der Waals surface area (Å²) in [6, 6.07) is 4.97. The van der Waals surface area contributed by atoms with E-state index in [-0.39, 0.29) is 16.1 Å². The van der Waals surface area contributed by atoms with Crippen molar-refractivity contribution in [2.75, 3.05) is 0 Å². The van der Waals surface area contributed by atoms with Crippen LogP contribution in [0.25, 0.3) is 0 Å². The van der Waals surface area contributed by atoms with Crippen LogP contribution in [0.1, 0.15) is 36.8 Å². The van der Waals surface area contributed by atoms with Gasteiger partial charge in [0.15, 0.2) is 0 Å². The van der Waals surface area contributed by atoms with E-state index in [1.165, 1.54) is 6.07 Å². The average molecular weight is 220 g/mol. The van der Waals surface area contributed by atoms with Crippen LogP contribution < -0.4 is 5.73 Å². The van der Waals surface area contributed by atoms with Crippen molar-refractivity contribution >= 4 is 5.69 Å². The fourth-order valence-corrected chi connectivity index (χ4v) is 2.54. The lowest BCUT2D eigenvalue weighted by atomic mass is 9.86. The van der Waals surface area contributed by atoms with Gasteiger partial charge in [-0.3, -0.25) is 10.1 Å². The average Bonchev–Trinajstić information content (AvgIpc) is 2.66. The Balaban J connectivity index is 2.46. The molecule has 1 fully saturated rings. The van der Waals surface area contributed by atoms with Gasteiger partial charge in [-0.1, -0.05) is 18.9 Å². The second-order valence-electron chi connectivity index (χ2n) is 4.62. The quantitative estimate of drug-likeness (QED) is 0.615. The van der Waals surface area contributed by atoms with E-state index in [9.17, 15) is 10.1 Å². The van der Waals surface area contributed by atoms with Crippen LogP contribution in [0.4, 0.5) is 5.69 Å². The minimum atomic E-state index is -0.360. The van der Waals surface area contributed by atoms with E-state index < -0.39 is 0 Å². The van der Waals surface area contributed by atoms with Gasteiger partial charge in [-0.15, -0.1) is 0 Å². The Morgan fingerprint density at radius 1 is 1.38 bits per heavy atom. The van der Waals surface area contributed by atoms with Crippen molar-refractivity contribution in [3.63, 3.8) is 0 Å². The topological polar surface area (TPSA) is 69.2 Å². The van der Waals surface area contributed by atoms with Gasteiger partial charge in [0.05, 0.1) is 4.92 Å². The van der Waals surface area contributed by atoms with Gasteiger partial charge in [-0.25, -0.2) is 0 Å². The van der Waals surface area contributed by atoms with Gasteiger partial charge in [-0.2, -0.15) is 0 Å². The molecule has 86 valence electrons. The first kappa shape index (κ1) is 11.1. The molecule has 1 aromatic rings. The smallest absolute Gasteiger partial charge is 0.269 e. The molecule has 0 saturated heterocycles. The molecule has 0 bridgehead atoms. The fraction of sp³-hybridized carbons (Fsp3) is 0.500. The van der Waals surface area contributed by atoms with Crippen LogP contribution in [-0.4, -0.2) is 4.92 Å². The first-order valence-corrected chi connectivity index (χ1v) is 5.57. The molecule has 16 heavy (non-hydrogen) atoms. The normalized spacial score (nSPS) is 18.6. The molecular weight excluding hydrogens is 204 g/mol. The summed E-state index contributed by atoms with van der Waals surface area (Å²) in [5.41, 5.74) is 8.11. The highest BCUT2D eigenvalue weighted by atomic mass is 16.6. The van der Waals surface area contributed by atoms with Crippen LogP contribution in [-0.2, 0) is 5.54 Å². The van der Waals surface area contributed by atoms with Crippen LogP contribution in [0, 0.1) is 17.0 Å². The summed E-state index contributed by atoms with van der Waals surface area (Å²) in [4.78, 5) is 10.4. The molecule has 0 radical (unpaired) electrons. The third-order valence-corrected chi connectivity index (χ3v) is 3.46. The summed E-state index contributed by atoms with van der Waals surface area (Å²) in [5, 5.41) is 10.7. The number of hydrogen-bond donors (Lipinski definition) is 1.